The second kappa shape index (κ2) is 3.46. The summed E-state index contributed by atoms with van der Waals surface area (Å²) in [6.45, 7) is 0. The Morgan fingerprint density at radius 3 is 2.00 bits per heavy atom. The number of hydrogen-bond acceptors (Lipinski definition) is 3. The lowest BCUT2D eigenvalue weighted by atomic mass is 10.3. The summed E-state index contributed by atoms with van der Waals surface area (Å²) in [4.78, 5) is 24.8. The molecule has 0 aliphatic carbocycles. The van der Waals surface area contributed by atoms with Gasteiger partial charge in [-0.05, 0) is 24.3 Å². The summed E-state index contributed by atoms with van der Waals surface area (Å²) < 4.78 is 0. The monoisotopic (exact) mass is 207 g/mol. The average Bonchev–Trinajstić information content (AvgIpc) is 2.49. The predicted molar refractivity (Wildman–Crippen MR) is 55.4 cm³/mol. The van der Waals surface area contributed by atoms with Crippen LogP contribution in [-0.2, 0) is 9.59 Å². The second-order valence-corrected chi connectivity index (χ2v) is 3.66. The van der Waals surface area contributed by atoms with Crippen molar-refractivity contribution >= 4 is 30.1 Å². The Labute approximate surface area is 87.1 Å². The number of carbonyl (C=O) groups is 2. The Morgan fingerprint density at radius 1 is 1.00 bits per heavy atom. The average molecular weight is 207 g/mol. The molecule has 0 saturated carbocycles. The zero-order chi connectivity index (χ0) is 10.1. The highest BCUT2D eigenvalue weighted by molar-refractivity contribution is 7.80. The SMILES string of the molecule is O=C1CCC(=O)N1c1ccc(S)cc1. The van der Waals surface area contributed by atoms with E-state index in [0.717, 1.165) is 4.90 Å². The maximum Gasteiger partial charge on any atom is 0.234 e. The van der Waals surface area contributed by atoms with Crippen LogP contribution < -0.4 is 4.90 Å². The predicted octanol–water partition coefficient (Wildman–Crippen LogP) is 1.63. The van der Waals surface area contributed by atoms with Gasteiger partial charge in [0.1, 0.15) is 0 Å². The molecule has 1 saturated heterocycles. The minimum absolute atomic E-state index is 0.123. The summed E-state index contributed by atoms with van der Waals surface area (Å²) >= 11 is 4.13. The molecule has 2 amide bonds. The largest absolute Gasteiger partial charge is 0.274 e. The van der Waals surface area contributed by atoms with Crippen molar-refractivity contribution in [3.8, 4) is 0 Å². The topological polar surface area (TPSA) is 37.4 Å². The number of thiol groups is 1. The Balaban J connectivity index is 2.34. The van der Waals surface area contributed by atoms with Gasteiger partial charge in [-0.1, -0.05) is 0 Å². The first-order valence-corrected chi connectivity index (χ1v) is 4.78. The molecule has 1 aromatic rings. The zero-order valence-electron chi connectivity index (χ0n) is 7.43. The van der Waals surface area contributed by atoms with Crippen molar-refractivity contribution in [1.29, 1.82) is 0 Å². The standard InChI is InChI=1S/C10H9NO2S/c12-9-5-6-10(13)11(9)7-1-3-8(14)4-2-7/h1-4,14H,5-6H2. The summed E-state index contributed by atoms with van der Waals surface area (Å²) in [7, 11) is 0. The van der Waals surface area contributed by atoms with Crippen molar-refractivity contribution in [3.05, 3.63) is 24.3 Å². The van der Waals surface area contributed by atoms with Crippen LogP contribution in [0.2, 0.25) is 0 Å². The summed E-state index contributed by atoms with van der Waals surface area (Å²) in [5, 5.41) is 0. The third-order valence-corrected chi connectivity index (χ3v) is 2.46. The molecule has 0 radical (unpaired) electrons. The molecule has 0 N–H and O–H groups in total. The van der Waals surface area contributed by atoms with Crippen molar-refractivity contribution in [2.45, 2.75) is 17.7 Å². The van der Waals surface area contributed by atoms with Gasteiger partial charge in [0.05, 0.1) is 5.69 Å². The highest BCUT2D eigenvalue weighted by Crippen LogP contribution is 2.23. The van der Waals surface area contributed by atoms with Crippen LogP contribution in [-0.4, -0.2) is 11.8 Å². The highest BCUT2D eigenvalue weighted by atomic mass is 32.1. The number of nitrogens with zero attached hydrogens (tertiary/aromatic N) is 1. The number of benzene rings is 1. The normalized spacial score (nSPS) is 16.5. The summed E-state index contributed by atoms with van der Waals surface area (Å²) in [6, 6.07) is 6.97. The van der Waals surface area contributed by atoms with Gasteiger partial charge in [-0.3, -0.25) is 14.5 Å². The van der Waals surface area contributed by atoms with Crippen LogP contribution in [0.3, 0.4) is 0 Å². The first-order valence-electron chi connectivity index (χ1n) is 4.33. The molecule has 3 nitrogen and oxygen atoms in total. The molecule has 0 unspecified atom stereocenters. The fourth-order valence-corrected chi connectivity index (χ4v) is 1.62. The lowest BCUT2D eigenvalue weighted by molar-refractivity contribution is -0.121. The molecule has 72 valence electrons. The Morgan fingerprint density at radius 2 is 1.50 bits per heavy atom. The van der Waals surface area contributed by atoms with Crippen LogP contribution in [0, 0.1) is 0 Å². The van der Waals surface area contributed by atoms with E-state index < -0.39 is 0 Å². The van der Waals surface area contributed by atoms with E-state index in [1.54, 1.807) is 24.3 Å². The molecule has 0 atom stereocenters. The van der Waals surface area contributed by atoms with Crippen LogP contribution >= 0.6 is 12.6 Å². The molecule has 1 aliphatic rings. The van der Waals surface area contributed by atoms with Gasteiger partial charge in [0.2, 0.25) is 11.8 Å². The first kappa shape index (κ1) is 9.27. The van der Waals surface area contributed by atoms with Crippen LogP contribution in [0.15, 0.2) is 29.2 Å². The van der Waals surface area contributed by atoms with E-state index in [0.29, 0.717) is 18.5 Å². The number of hydrogen-bond donors (Lipinski definition) is 1. The van der Waals surface area contributed by atoms with E-state index in [2.05, 4.69) is 12.6 Å². The van der Waals surface area contributed by atoms with Crippen molar-refractivity contribution in [3.63, 3.8) is 0 Å². The number of amides is 2. The summed E-state index contributed by atoms with van der Waals surface area (Å²) in [5.74, 6) is -0.246. The Kier molecular flexibility index (Phi) is 2.29. The van der Waals surface area contributed by atoms with E-state index in [4.69, 9.17) is 0 Å². The molecule has 0 aromatic heterocycles. The fourth-order valence-electron chi connectivity index (χ4n) is 1.47. The first-order chi connectivity index (χ1) is 6.68. The number of carbonyl (C=O) groups excluding carboxylic acids is 2. The van der Waals surface area contributed by atoms with E-state index in [1.807, 2.05) is 0 Å². The number of imide groups is 1. The van der Waals surface area contributed by atoms with E-state index in [9.17, 15) is 9.59 Å². The van der Waals surface area contributed by atoms with Crippen molar-refractivity contribution in [1.82, 2.24) is 0 Å². The number of rotatable bonds is 1. The maximum absolute atomic E-state index is 11.4. The zero-order valence-corrected chi connectivity index (χ0v) is 8.33. The third-order valence-electron chi connectivity index (χ3n) is 2.16. The van der Waals surface area contributed by atoms with Gasteiger partial charge in [-0.2, -0.15) is 0 Å². The van der Waals surface area contributed by atoms with Crippen molar-refractivity contribution < 1.29 is 9.59 Å². The Hall–Kier alpha value is -1.29. The van der Waals surface area contributed by atoms with Gasteiger partial charge in [0.25, 0.3) is 0 Å². The quantitative estimate of drug-likeness (QED) is 0.561. The van der Waals surface area contributed by atoms with Gasteiger partial charge in [-0.25, -0.2) is 0 Å². The molecule has 4 heteroatoms. The van der Waals surface area contributed by atoms with Crippen molar-refractivity contribution in [2.24, 2.45) is 0 Å². The van der Waals surface area contributed by atoms with Gasteiger partial charge in [0.15, 0.2) is 0 Å². The molecule has 1 heterocycles. The van der Waals surface area contributed by atoms with Crippen LogP contribution in [0.1, 0.15) is 12.8 Å². The van der Waals surface area contributed by atoms with E-state index >= 15 is 0 Å². The molecule has 14 heavy (non-hydrogen) atoms. The minimum Gasteiger partial charge on any atom is -0.274 e. The van der Waals surface area contributed by atoms with Crippen LogP contribution in [0.5, 0.6) is 0 Å². The lowest BCUT2D eigenvalue weighted by Gasteiger charge is -2.13. The molecule has 0 bridgehead atoms. The molecular formula is C10H9NO2S. The van der Waals surface area contributed by atoms with Crippen LogP contribution in [0.25, 0.3) is 0 Å². The number of anilines is 1. The Bertz CT molecular complexity index is 370. The molecule has 1 aromatic carbocycles. The molecule has 1 aliphatic heterocycles. The van der Waals surface area contributed by atoms with Crippen LogP contribution in [0.4, 0.5) is 5.69 Å². The van der Waals surface area contributed by atoms with Gasteiger partial charge >= 0.3 is 0 Å². The van der Waals surface area contributed by atoms with Crippen molar-refractivity contribution in [2.75, 3.05) is 4.90 Å². The molecule has 1 fully saturated rings. The van der Waals surface area contributed by atoms with Gasteiger partial charge < -0.3 is 0 Å². The minimum atomic E-state index is -0.123. The third kappa shape index (κ3) is 1.53. The lowest BCUT2D eigenvalue weighted by Crippen LogP contribution is -2.28. The highest BCUT2D eigenvalue weighted by Gasteiger charge is 2.29. The second-order valence-electron chi connectivity index (χ2n) is 3.14. The summed E-state index contributed by atoms with van der Waals surface area (Å²) in [5.41, 5.74) is 0.635. The maximum atomic E-state index is 11.4. The van der Waals surface area contributed by atoms with E-state index in [-0.39, 0.29) is 11.8 Å². The van der Waals surface area contributed by atoms with Gasteiger partial charge in [0, 0.05) is 17.7 Å². The van der Waals surface area contributed by atoms with E-state index in [1.165, 1.54) is 4.90 Å². The fraction of sp³-hybridized carbons (Fsp3) is 0.200. The smallest absolute Gasteiger partial charge is 0.234 e. The molecule has 0 spiro atoms. The van der Waals surface area contributed by atoms with Gasteiger partial charge in [-0.15, -0.1) is 12.6 Å². The molecule has 2 rings (SSSR count). The molecular weight excluding hydrogens is 198 g/mol. The summed E-state index contributed by atoms with van der Waals surface area (Å²) in [6.07, 6.45) is 0.642.